The van der Waals surface area contributed by atoms with Crippen molar-refractivity contribution in [3.63, 3.8) is 0 Å². The number of anilines is 2. The zero-order valence-corrected chi connectivity index (χ0v) is 19.5. The molecule has 2 N–H and O–H groups in total. The topological polar surface area (TPSA) is 113 Å². The molecule has 0 aliphatic carbocycles. The van der Waals surface area contributed by atoms with Crippen LogP contribution in [0.4, 0.5) is 11.4 Å². The van der Waals surface area contributed by atoms with Crippen molar-refractivity contribution in [3.8, 4) is 0 Å². The van der Waals surface area contributed by atoms with Crippen molar-refractivity contribution < 1.29 is 18.0 Å². The third-order valence-electron chi connectivity index (χ3n) is 5.08. The van der Waals surface area contributed by atoms with E-state index in [9.17, 15) is 18.0 Å². The first-order valence-corrected chi connectivity index (χ1v) is 11.9. The number of carbonyl (C=O) groups is 2. The molecule has 0 aliphatic heterocycles. The minimum absolute atomic E-state index is 0.150. The number of sulfonamides is 1. The number of imidazole rings is 1. The molecule has 1 heterocycles. The van der Waals surface area contributed by atoms with Crippen LogP contribution in [0.15, 0.2) is 72.1 Å². The molecule has 2 aromatic carbocycles. The molecule has 0 aliphatic rings. The van der Waals surface area contributed by atoms with Crippen LogP contribution in [0.3, 0.4) is 0 Å². The van der Waals surface area contributed by atoms with Gasteiger partial charge in [0.1, 0.15) is 0 Å². The summed E-state index contributed by atoms with van der Waals surface area (Å²) in [6.45, 7) is 4.09. The highest BCUT2D eigenvalue weighted by molar-refractivity contribution is 7.89. The number of nitrogens with one attached hydrogen (secondary N) is 2. The molecule has 0 unspecified atom stereocenters. The van der Waals surface area contributed by atoms with Gasteiger partial charge < -0.3 is 15.2 Å². The van der Waals surface area contributed by atoms with Crippen LogP contribution in [0, 0.1) is 0 Å². The minimum atomic E-state index is -3.60. The quantitative estimate of drug-likeness (QED) is 0.500. The van der Waals surface area contributed by atoms with Crippen LogP contribution in [0.25, 0.3) is 0 Å². The van der Waals surface area contributed by atoms with Crippen molar-refractivity contribution in [1.82, 2.24) is 13.9 Å². The molecule has 2 amide bonds. The molecule has 0 saturated heterocycles. The number of benzene rings is 2. The van der Waals surface area contributed by atoms with Gasteiger partial charge in [-0.2, -0.15) is 4.31 Å². The highest BCUT2D eigenvalue weighted by atomic mass is 32.2. The number of aromatic nitrogens is 2. The van der Waals surface area contributed by atoms with Crippen molar-refractivity contribution in [2.24, 2.45) is 0 Å². The number of hydrogen-bond donors (Lipinski definition) is 2. The van der Waals surface area contributed by atoms with E-state index in [1.807, 2.05) is 0 Å². The number of aryl methyl sites for hydroxylation is 1. The summed E-state index contributed by atoms with van der Waals surface area (Å²) < 4.78 is 28.2. The number of rotatable bonds is 9. The predicted octanol–water partition coefficient (Wildman–Crippen LogP) is 3.19. The van der Waals surface area contributed by atoms with Gasteiger partial charge >= 0.3 is 0 Å². The summed E-state index contributed by atoms with van der Waals surface area (Å²) in [7, 11) is -2.07. The average Bonchev–Trinajstić information content (AvgIpc) is 3.31. The normalized spacial score (nSPS) is 11.5. The Morgan fingerprint density at radius 2 is 1.79 bits per heavy atom. The van der Waals surface area contributed by atoms with E-state index in [-0.39, 0.29) is 29.2 Å². The van der Waals surface area contributed by atoms with Crippen molar-refractivity contribution in [1.29, 1.82) is 0 Å². The fourth-order valence-corrected chi connectivity index (χ4v) is 4.34. The Balaban J connectivity index is 1.62. The zero-order chi connectivity index (χ0) is 24.0. The summed E-state index contributed by atoms with van der Waals surface area (Å²) >= 11 is 0. The number of nitrogens with zero attached hydrogens (tertiary/aromatic N) is 3. The Hall–Kier alpha value is -3.50. The van der Waals surface area contributed by atoms with Gasteiger partial charge in [0.25, 0.3) is 5.91 Å². The highest BCUT2D eigenvalue weighted by Gasteiger charge is 2.22. The number of carbonyl (C=O) groups excluding carboxylic acids is 2. The summed E-state index contributed by atoms with van der Waals surface area (Å²) in [5.41, 5.74) is 1.33. The fraction of sp³-hybridized carbons (Fsp3) is 0.261. The van der Waals surface area contributed by atoms with Gasteiger partial charge in [0.05, 0.1) is 11.2 Å². The van der Waals surface area contributed by atoms with Crippen LogP contribution in [0.5, 0.6) is 0 Å². The van der Waals surface area contributed by atoms with E-state index in [4.69, 9.17) is 0 Å². The molecule has 0 spiro atoms. The second-order valence-electron chi connectivity index (χ2n) is 7.77. The van der Waals surface area contributed by atoms with E-state index in [1.165, 1.54) is 23.5 Å². The van der Waals surface area contributed by atoms with E-state index >= 15 is 0 Å². The average molecular weight is 470 g/mol. The van der Waals surface area contributed by atoms with Gasteiger partial charge in [0, 0.05) is 55.4 Å². The van der Waals surface area contributed by atoms with E-state index in [2.05, 4.69) is 15.6 Å². The molecule has 0 atom stereocenters. The number of amides is 2. The van der Waals surface area contributed by atoms with Crippen LogP contribution in [0.1, 0.15) is 30.6 Å². The molecular weight excluding hydrogens is 442 g/mol. The van der Waals surface area contributed by atoms with Crippen molar-refractivity contribution in [2.45, 2.75) is 37.8 Å². The van der Waals surface area contributed by atoms with Gasteiger partial charge in [0.2, 0.25) is 15.9 Å². The summed E-state index contributed by atoms with van der Waals surface area (Å²) in [6.07, 6.45) is 5.34. The largest absolute Gasteiger partial charge is 0.337 e. The van der Waals surface area contributed by atoms with E-state index in [1.54, 1.807) is 73.5 Å². The summed E-state index contributed by atoms with van der Waals surface area (Å²) in [6, 6.07) is 12.4. The highest BCUT2D eigenvalue weighted by Crippen LogP contribution is 2.20. The lowest BCUT2D eigenvalue weighted by molar-refractivity contribution is -0.116. The molecule has 3 rings (SSSR count). The molecule has 33 heavy (non-hydrogen) atoms. The van der Waals surface area contributed by atoms with Crippen LogP contribution in [0.2, 0.25) is 0 Å². The molecule has 174 valence electrons. The monoisotopic (exact) mass is 469 g/mol. The second-order valence-corrected chi connectivity index (χ2v) is 9.77. The van der Waals surface area contributed by atoms with Crippen molar-refractivity contribution in [2.75, 3.05) is 17.7 Å². The standard InChI is InChI=1S/C23H27N5O4S/c1-17(2)27(3)33(31,32)21-9-7-19(8-10-21)26-23(30)18-5-4-6-20(15-18)25-22(29)11-13-28-14-12-24-16-28/h4-10,12,14-17H,11,13H2,1-3H3,(H,25,29)(H,26,30). The van der Waals surface area contributed by atoms with Crippen LogP contribution in [-0.4, -0.2) is 47.2 Å². The molecule has 0 bridgehead atoms. The van der Waals surface area contributed by atoms with Crippen LogP contribution in [-0.2, 0) is 21.4 Å². The van der Waals surface area contributed by atoms with Gasteiger partial charge in [-0.25, -0.2) is 13.4 Å². The Bertz CT molecular complexity index is 1210. The minimum Gasteiger partial charge on any atom is -0.337 e. The summed E-state index contributed by atoms with van der Waals surface area (Å²) in [5, 5.41) is 5.53. The molecule has 9 nitrogen and oxygen atoms in total. The molecule has 10 heteroatoms. The summed E-state index contributed by atoms with van der Waals surface area (Å²) in [5.74, 6) is -0.552. The molecule has 0 fully saturated rings. The van der Waals surface area contributed by atoms with Crippen molar-refractivity contribution >= 4 is 33.2 Å². The van der Waals surface area contributed by atoms with Gasteiger partial charge in [-0.05, 0) is 56.3 Å². The van der Waals surface area contributed by atoms with E-state index < -0.39 is 10.0 Å². The van der Waals surface area contributed by atoms with Crippen molar-refractivity contribution in [3.05, 3.63) is 72.8 Å². The smallest absolute Gasteiger partial charge is 0.255 e. The maximum atomic E-state index is 12.7. The molecule has 0 radical (unpaired) electrons. The molecule has 0 saturated carbocycles. The molecule has 3 aromatic rings. The lowest BCUT2D eigenvalue weighted by Gasteiger charge is -2.21. The SMILES string of the molecule is CC(C)N(C)S(=O)(=O)c1ccc(NC(=O)c2cccc(NC(=O)CCn3ccnc3)c2)cc1. The lowest BCUT2D eigenvalue weighted by Crippen LogP contribution is -2.33. The van der Waals surface area contributed by atoms with Gasteiger partial charge in [-0.1, -0.05) is 6.07 Å². The van der Waals surface area contributed by atoms with Gasteiger partial charge in [-0.15, -0.1) is 0 Å². The molecular formula is C23H27N5O4S. The van der Waals surface area contributed by atoms with Crippen LogP contribution < -0.4 is 10.6 Å². The maximum absolute atomic E-state index is 12.7. The predicted molar refractivity (Wildman–Crippen MR) is 126 cm³/mol. The first-order chi connectivity index (χ1) is 15.7. The number of hydrogen-bond acceptors (Lipinski definition) is 5. The summed E-state index contributed by atoms with van der Waals surface area (Å²) in [4.78, 5) is 28.9. The first kappa shape index (κ1) is 24.1. The van der Waals surface area contributed by atoms with E-state index in [0.717, 1.165) is 0 Å². The third kappa shape index (κ3) is 6.27. The van der Waals surface area contributed by atoms with Gasteiger partial charge in [0.15, 0.2) is 0 Å². The first-order valence-electron chi connectivity index (χ1n) is 10.4. The third-order valence-corrected chi connectivity index (χ3v) is 7.13. The Labute approximate surface area is 193 Å². The van der Waals surface area contributed by atoms with Crippen LogP contribution >= 0.6 is 0 Å². The second kappa shape index (κ2) is 10.4. The van der Waals surface area contributed by atoms with E-state index in [0.29, 0.717) is 23.5 Å². The fourth-order valence-electron chi connectivity index (χ4n) is 2.97. The molecule has 1 aromatic heterocycles. The Morgan fingerprint density at radius 1 is 1.06 bits per heavy atom. The zero-order valence-electron chi connectivity index (χ0n) is 18.7. The Kier molecular flexibility index (Phi) is 7.62. The van der Waals surface area contributed by atoms with Gasteiger partial charge in [-0.3, -0.25) is 9.59 Å². The lowest BCUT2D eigenvalue weighted by atomic mass is 10.1. The maximum Gasteiger partial charge on any atom is 0.255 e. The Morgan fingerprint density at radius 3 is 2.42 bits per heavy atom.